The van der Waals surface area contributed by atoms with Crippen LogP contribution in [0.5, 0.6) is 0 Å². The van der Waals surface area contributed by atoms with E-state index >= 15 is 0 Å². The van der Waals surface area contributed by atoms with Crippen LogP contribution in [-0.4, -0.2) is 11.6 Å². The molecule has 0 radical (unpaired) electrons. The number of carbonyl (C=O) groups excluding carboxylic acids is 1. The highest BCUT2D eigenvalue weighted by Crippen LogP contribution is 2.23. The van der Waals surface area contributed by atoms with Gasteiger partial charge in [0.2, 0.25) is 0 Å². The van der Waals surface area contributed by atoms with Crippen molar-refractivity contribution in [1.82, 2.24) is 0 Å². The lowest BCUT2D eigenvalue weighted by molar-refractivity contribution is 0.00680. The molecule has 16 heavy (non-hydrogen) atoms. The maximum atomic E-state index is 12.0. The van der Waals surface area contributed by atoms with Crippen LogP contribution in [0, 0.1) is 13.8 Å². The first-order valence-electron chi connectivity index (χ1n) is 5.21. The summed E-state index contributed by atoms with van der Waals surface area (Å²) in [6.07, 6.45) is 0. The molecule has 1 aromatic carbocycles. The maximum absolute atomic E-state index is 12.0. The Bertz CT molecular complexity index is 393. The van der Waals surface area contributed by atoms with Gasteiger partial charge >= 0.3 is 5.97 Å². The molecule has 1 aromatic rings. The number of hydrogen-bond acceptors (Lipinski definition) is 2. The standard InChI is InChI=1S/C13H17BrO2/c1-8-6-10(14)7-9(2)11(8)12(15)16-13(3,4)5/h6-7H,1-5H3. The van der Waals surface area contributed by atoms with Crippen molar-refractivity contribution in [2.75, 3.05) is 0 Å². The van der Waals surface area contributed by atoms with E-state index in [0.717, 1.165) is 15.6 Å². The van der Waals surface area contributed by atoms with E-state index in [1.165, 1.54) is 0 Å². The van der Waals surface area contributed by atoms with E-state index in [1.807, 2.05) is 46.8 Å². The largest absolute Gasteiger partial charge is 0.456 e. The summed E-state index contributed by atoms with van der Waals surface area (Å²) in [6, 6.07) is 3.85. The molecule has 3 heteroatoms. The number of hydrogen-bond donors (Lipinski definition) is 0. The predicted octanol–water partition coefficient (Wildman–Crippen LogP) is 4.02. The van der Waals surface area contributed by atoms with Crippen LogP contribution in [0.25, 0.3) is 0 Å². The van der Waals surface area contributed by atoms with Crippen LogP contribution in [0.1, 0.15) is 42.3 Å². The van der Waals surface area contributed by atoms with Crippen molar-refractivity contribution in [1.29, 1.82) is 0 Å². The number of carbonyl (C=O) groups is 1. The number of halogens is 1. The van der Waals surface area contributed by atoms with Crippen LogP contribution in [0.4, 0.5) is 0 Å². The topological polar surface area (TPSA) is 26.3 Å². The summed E-state index contributed by atoms with van der Waals surface area (Å²) in [5, 5.41) is 0. The van der Waals surface area contributed by atoms with Gasteiger partial charge in [0.05, 0.1) is 5.56 Å². The van der Waals surface area contributed by atoms with Crippen LogP contribution >= 0.6 is 15.9 Å². The SMILES string of the molecule is Cc1cc(Br)cc(C)c1C(=O)OC(C)(C)C. The lowest BCUT2D eigenvalue weighted by Crippen LogP contribution is -2.24. The second kappa shape index (κ2) is 4.58. The van der Waals surface area contributed by atoms with Gasteiger partial charge in [0.1, 0.15) is 5.60 Å². The van der Waals surface area contributed by atoms with Crippen molar-refractivity contribution in [2.45, 2.75) is 40.2 Å². The summed E-state index contributed by atoms with van der Waals surface area (Å²) in [4.78, 5) is 12.0. The minimum atomic E-state index is -0.455. The fourth-order valence-corrected chi connectivity index (χ4v) is 2.25. The number of rotatable bonds is 1. The number of ether oxygens (including phenoxy) is 1. The Morgan fingerprint density at radius 2 is 1.62 bits per heavy atom. The van der Waals surface area contributed by atoms with Gasteiger partial charge < -0.3 is 4.74 Å². The Labute approximate surface area is 105 Å². The van der Waals surface area contributed by atoms with Gasteiger partial charge in [0.15, 0.2) is 0 Å². The lowest BCUT2D eigenvalue weighted by atomic mass is 10.0. The van der Waals surface area contributed by atoms with Gasteiger partial charge in [-0.25, -0.2) is 4.79 Å². The highest BCUT2D eigenvalue weighted by Gasteiger charge is 2.21. The first-order chi connectivity index (χ1) is 7.20. The average Bonchev–Trinajstić information content (AvgIpc) is 1.96. The van der Waals surface area contributed by atoms with Crippen molar-refractivity contribution in [2.24, 2.45) is 0 Å². The Morgan fingerprint density at radius 3 is 2.00 bits per heavy atom. The normalized spacial score (nSPS) is 11.4. The molecule has 0 spiro atoms. The van der Waals surface area contributed by atoms with Crippen molar-refractivity contribution in [3.05, 3.63) is 33.3 Å². The Balaban J connectivity index is 3.10. The molecule has 0 amide bonds. The van der Waals surface area contributed by atoms with E-state index in [4.69, 9.17) is 4.74 Å². The van der Waals surface area contributed by atoms with Crippen LogP contribution in [-0.2, 0) is 4.74 Å². The number of aryl methyl sites for hydroxylation is 2. The fourth-order valence-electron chi connectivity index (χ4n) is 1.56. The molecule has 0 fully saturated rings. The second-order valence-corrected chi connectivity index (χ2v) is 5.83. The van der Waals surface area contributed by atoms with Gasteiger partial charge in [-0.15, -0.1) is 0 Å². The van der Waals surface area contributed by atoms with E-state index in [0.29, 0.717) is 5.56 Å². The Morgan fingerprint density at radius 1 is 1.19 bits per heavy atom. The quantitative estimate of drug-likeness (QED) is 0.728. The molecule has 88 valence electrons. The van der Waals surface area contributed by atoms with Gasteiger partial charge in [-0.2, -0.15) is 0 Å². The maximum Gasteiger partial charge on any atom is 0.339 e. The van der Waals surface area contributed by atoms with Gasteiger partial charge in [-0.3, -0.25) is 0 Å². The van der Waals surface area contributed by atoms with E-state index in [-0.39, 0.29) is 5.97 Å². The molecule has 0 saturated heterocycles. The molecule has 1 rings (SSSR count). The third kappa shape index (κ3) is 3.34. The van der Waals surface area contributed by atoms with Crippen LogP contribution in [0.3, 0.4) is 0 Å². The molecule has 2 nitrogen and oxygen atoms in total. The first-order valence-corrected chi connectivity index (χ1v) is 6.00. The monoisotopic (exact) mass is 284 g/mol. The van der Waals surface area contributed by atoms with Crippen molar-refractivity contribution < 1.29 is 9.53 Å². The van der Waals surface area contributed by atoms with Gasteiger partial charge in [-0.05, 0) is 57.9 Å². The highest BCUT2D eigenvalue weighted by atomic mass is 79.9. The zero-order valence-corrected chi connectivity index (χ0v) is 11.9. The molecule has 0 aliphatic carbocycles. The number of esters is 1. The molecule has 0 unspecified atom stereocenters. The van der Waals surface area contributed by atoms with Crippen molar-refractivity contribution in [3.8, 4) is 0 Å². The molecular formula is C13H17BrO2. The van der Waals surface area contributed by atoms with E-state index < -0.39 is 5.60 Å². The summed E-state index contributed by atoms with van der Waals surface area (Å²) in [5.74, 6) is -0.255. The molecule has 0 N–H and O–H groups in total. The average molecular weight is 285 g/mol. The molecule has 0 atom stereocenters. The smallest absolute Gasteiger partial charge is 0.339 e. The molecule has 0 aliphatic heterocycles. The Kier molecular flexibility index (Phi) is 3.79. The summed E-state index contributed by atoms with van der Waals surface area (Å²) < 4.78 is 6.35. The third-order valence-corrected chi connectivity index (χ3v) is 2.56. The Hall–Kier alpha value is -0.830. The zero-order valence-electron chi connectivity index (χ0n) is 10.3. The van der Waals surface area contributed by atoms with Crippen LogP contribution in [0.15, 0.2) is 16.6 Å². The lowest BCUT2D eigenvalue weighted by Gasteiger charge is -2.21. The summed E-state index contributed by atoms with van der Waals surface area (Å²) in [6.45, 7) is 9.44. The van der Waals surface area contributed by atoms with Gasteiger partial charge in [0, 0.05) is 4.47 Å². The van der Waals surface area contributed by atoms with Crippen LogP contribution in [0.2, 0.25) is 0 Å². The number of benzene rings is 1. The minimum absolute atomic E-state index is 0.255. The molecular weight excluding hydrogens is 268 g/mol. The van der Waals surface area contributed by atoms with E-state index in [1.54, 1.807) is 0 Å². The van der Waals surface area contributed by atoms with Gasteiger partial charge in [-0.1, -0.05) is 15.9 Å². The predicted molar refractivity (Wildman–Crippen MR) is 68.8 cm³/mol. The summed E-state index contributed by atoms with van der Waals surface area (Å²) in [7, 11) is 0. The summed E-state index contributed by atoms with van der Waals surface area (Å²) >= 11 is 3.41. The highest BCUT2D eigenvalue weighted by molar-refractivity contribution is 9.10. The molecule has 0 heterocycles. The molecule has 0 aromatic heterocycles. The third-order valence-electron chi connectivity index (χ3n) is 2.10. The van der Waals surface area contributed by atoms with Gasteiger partial charge in [0.25, 0.3) is 0 Å². The van der Waals surface area contributed by atoms with Crippen molar-refractivity contribution >= 4 is 21.9 Å². The summed E-state index contributed by atoms with van der Waals surface area (Å²) in [5.41, 5.74) is 2.07. The zero-order chi connectivity index (χ0) is 12.5. The molecule has 0 saturated carbocycles. The molecule has 0 aliphatic rings. The van der Waals surface area contributed by atoms with E-state index in [9.17, 15) is 4.79 Å². The second-order valence-electron chi connectivity index (χ2n) is 4.92. The van der Waals surface area contributed by atoms with E-state index in [2.05, 4.69) is 15.9 Å². The molecule has 0 bridgehead atoms. The fraction of sp³-hybridized carbons (Fsp3) is 0.462. The van der Waals surface area contributed by atoms with Crippen molar-refractivity contribution in [3.63, 3.8) is 0 Å². The minimum Gasteiger partial charge on any atom is -0.456 e. The van der Waals surface area contributed by atoms with Crippen LogP contribution < -0.4 is 0 Å². The first kappa shape index (κ1) is 13.2.